The summed E-state index contributed by atoms with van der Waals surface area (Å²) in [5, 5.41) is 4.35. The Bertz CT molecular complexity index is 818. The average Bonchev–Trinajstić information content (AvgIpc) is 2.67. The number of halogens is 2. The minimum absolute atomic E-state index is 0.0883. The number of benzene rings is 2. The van der Waals surface area contributed by atoms with Crippen molar-refractivity contribution < 1.29 is 9.53 Å². The van der Waals surface area contributed by atoms with Crippen molar-refractivity contribution in [1.82, 2.24) is 5.32 Å². The molecule has 2 aromatic rings. The first-order valence-electron chi connectivity index (χ1n) is 9.00. The van der Waals surface area contributed by atoms with Crippen LogP contribution in [-0.4, -0.2) is 39.8 Å². The van der Waals surface area contributed by atoms with Gasteiger partial charge in [-0.3, -0.25) is 4.79 Å². The maximum Gasteiger partial charge on any atom is 0.251 e. The van der Waals surface area contributed by atoms with Crippen LogP contribution in [0.5, 0.6) is 0 Å². The van der Waals surface area contributed by atoms with Crippen LogP contribution in [-0.2, 0) is 10.2 Å². The van der Waals surface area contributed by atoms with Crippen LogP contribution in [0.4, 0.5) is 5.69 Å². The number of rotatable bonds is 5. The van der Waals surface area contributed by atoms with E-state index in [1.54, 1.807) is 6.07 Å². The Morgan fingerprint density at radius 1 is 1.15 bits per heavy atom. The lowest BCUT2D eigenvalue weighted by atomic mass is 9.74. The van der Waals surface area contributed by atoms with Gasteiger partial charge in [0.25, 0.3) is 5.91 Å². The van der Waals surface area contributed by atoms with Gasteiger partial charge in [0.05, 0.1) is 0 Å². The van der Waals surface area contributed by atoms with Crippen molar-refractivity contribution in [2.75, 3.05) is 38.8 Å². The van der Waals surface area contributed by atoms with Gasteiger partial charge in [0, 0.05) is 60.6 Å². The highest BCUT2D eigenvalue weighted by atomic mass is 35.5. The number of amides is 1. The molecule has 6 heteroatoms. The van der Waals surface area contributed by atoms with Gasteiger partial charge in [-0.2, -0.15) is 0 Å². The number of hydrogen-bond acceptors (Lipinski definition) is 3. The van der Waals surface area contributed by atoms with E-state index < -0.39 is 0 Å². The van der Waals surface area contributed by atoms with Crippen molar-refractivity contribution in [3.05, 3.63) is 63.6 Å². The van der Waals surface area contributed by atoms with Crippen LogP contribution in [0.1, 0.15) is 28.8 Å². The van der Waals surface area contributed by atoms with Crippen LogP contribution in [0.2, 0.25) is 10.0 Å². The van der Waals surface area contributed by atoms with Crippen LogP contribution in [0, 0.1) is 0 Å². The predicted octanol–water partition coefficient (Wildman–Crippen LogP) is 4.54. The minimum atomic E-state index is -0.255. The quantitative estimate of drug-likeness (QED) is 0.792. The number of ether oxygens (including phenoxy) is 1. The zero-order chi connectivity index (χ0) is 19.4. The number of hydrogen-bond donors (Lipinski definition) is 1. The minimum Gasteiger partial charge on any atom is -0.381 e. The first-order valence-corrected chi connectivity index (χ1v) is 9.76. The van der Waals surface area contributed by atoms with Crippen LogP contribution >= 0.6 is 23.2 Å². The van der Waals surface area contributed by atoms with Crippen molar-refractivity contribution in [2.24, 2.45) is 0 Å². The second-order valence-corrected chi connectivity index (χ2v) is 7.99. The average molecular weight is 407 g/mol. The number of nitrogens with zero attached hydrogens (tertiary/aromatic N) is 1. The van der Waals surface area contributed by atoms with Crippen LogP contribution in [0.3, 0.4) is 0 Å². The smallest absolute Gasteiger partial charge is 0.251 e. The molecular weight excluding hydrogens is 383 g/mol. The molecule has 0 spiro atoms. The lowest BCUT2D eigenvalue weighted by Gasteiger charge is -2.38. The molecule has 3 rings (SSSR count). The summed E-state index contributed by atoms with van der Waals surface area (Å²) in [4.78, 5) is 14.7. The Kier molecular flexibility index (Phi) is 6.30. The Morgan fingerprint density at radius 2 is 1.89 bits per heavy atom. The number of nitrogens with one attached hydrogen (secondary N) is 1. The zero-order valence-corrected chi connectivity index (χ0v) is 17.1. The molecule has 144 valence electrons. The van der Waals surface area contributed by atoms with Crippen LogP contribution < -0.4 is 10.2 Å². The topological polar surface area (TPSA) is 41.6 Å². The zero-order valence-electron chi connectivity index (χ0n) is 15.6. The van der Waals surface area contributed by atoms with Crippen molar-refractivity contribution in [3.8, 4) is 0 Å². The van der Waals surface area contributed by atoms with E-state index in [1.807, 2.05) is 55.4 Å². The summed E-state index contributed by atoms with van der Waals surface area (Å²) in [6.07, 6.45) is 1.60. The standard InChI is InChI=1S/C21H24Cl2N2O2/c1-25(2)17-5-3-4-15(12-17)20(26)24-14-21(8-10-27-11-9-21)18-7-6-16(22)13-19(18)23/h3-7,12-13H,8-11,14H2,1-2H3,(H,24,26). The molecule has 1 saturated heterocycles. The monoisotopic (exact) mass is 406 g/mol. The van der Waals surface area contributed by atoms with E-state index in [0.717, 1.165) is 24.1 Å². The summed E-state index contributed by atoms with van der Waals surface area (Å²) in [7, 11) is 3.91. The van der Waals surface area contributed by atoms with Crippen molar-refractivity contribution in [3.63, 3.8) is 0 Å². The summed E-state index contributed by atoms with van der Waals surface area (Å²) < 4.78 is 5.56. The van der Waals surface area contributed by atoms with E-state index in [9.17, 15) is 4.79 Å². The number of anilines is 1. The fourth-order valence-corrected chi connectivity index (χ4v) is 4.11. The first kappa shape index (κ1) is 20.0. The van der Waals surface area contributed by atoms with Gasteiger partial charge in [-0.25, -0.2) is 0 Å². The normalized spacial score (nSPS) is 16.0. The van der Waals surface area contributed by atoms with Crippen LogP contribution in [0.25, 0.3) is 0 Å². The second kappa shape index (κ2) is 8.51. The third-order valence-electron chi connectivity index (χ3n) is 5.16. The largest absolute Gasteiger partial charge is 0.381 e. The lowest BCUT2D eigenvalue weighted by Crippen LogP contribution is -2.44. The number of carbonyl (C=O) groups excluding carboxylic acids is 1. The van der Waals surface area contributed by atoms with Crippen molar-refractivity contribution in [1.29, 1.82) is 0 Å². The van der Waals surface area contributed by atoms with E-state index in [-0.39, 0.29) is 11.3 Å². The van der Waals surface area contributed by atoms with Gasteiger partial charge in [0.1, 0.15) is 0 Å². The third-order valence-corrected chi connectivity index (χ3v) is 5.71. The Labute approximate surface area is 170 Å². The molecule has 1 aliphatic rings. The van der Waals surface area contributed by atoms with E-state index >= 15 is 0 Å². The van der Waals surface area contributed by atoms with Gasteiger partial charge in [-0.1, -0.05) is 35.3 Å². The molecule has 1 amide bonds. The summed E-state index contributed by atoms with van der Waals surface area (Å²) in [6, 6.07) is 13.2. The van der Waals surface area contributed by atoms with E-state index in [1.165, 1.54) is 0 Å². The highest BCUT2D eigenvalue weighted by molar-refractivity contribution is 6.35. The maximum absolute atomic E-state index is 12.8. The Morgan fingerprint density at radius 3 is 2.56 bits per heavy atom. The molecule has 27 heavy (non-hydrogen) atoms. The van der Waals surface area contributed by atoms with E-state index in [0.29, 0.717) is 35.4 Å². The molecule has 2 aromatic carbocycles. The summed E-state index contributed by atoms with van der Waals surface area (Å²) in [5.74, 6) is -0.0883. The molecule has 1 fully saturated rings. The molecule has 0 atom stereocenters. The Balaban J connectivity index is 1.81. The molecule has 0 saturated carbocycles. The molecule has 1 N–H and O–H groups in total. The van der Waals surface area contributed by atoms with Gasteiger partial charge in [-0.05, 0) is 48.7 Å². The Hall–Kier alpha value is -1.75. The molecule has 4 nitrogen and oxygen atoms in total. The van der Waals surface area contributed by atoms with Gasteiger partial charge in [0.2, 0.25) is 0 Å². The van der Waals surface area contributed by atoms with E-state index in [2.05, 4.69) is 5.32 Å². The molecule has 1 heterocycles. The molecule has 0 aliphatic carbocycles. The molecule has 0 bridgehead atoms. The highest BCUT2D eigenvalue weighted by Gasteiger charge is 2.36. The molecule has 1 aliphatic heterocycles. The number of carbonyl (C=O) groups is 1. The fraction of sp³-hybridized carbons (Fsp3) is 0.381. The van der Waals surface area contributed by atoms with Crippen molar-refractivity contribution >= 4 is 34.8 Å². The SMILES string of the molecule is CN(C)c1cccc(C(=O)NCC2(c3ccc(Cl)cc3Cl)CCOCC2)c1. The molecule has 0 aromatic heterocycles. The molecular formula is C21H24Cl2N2O2. The summed E-state index contributed by atoms with van der Waals surface area (Å²) in [6.45, 7) is 1.79. The second-order valence-electron chi connectivity index (χ2n) is 7.14. The summed E-state index contributed by atoms with van der Waals surface area (Å²) in [5.41, 5.74) is 2.39. The molecule has 0 unspecified atom stereocenters. The van der Waals surface area contributed by atoms with Gasteiger partial charge >= 0.3 is 0 Å². The van der Waals surface area contributed by atoms with Crippen molar-refractivity contribution in [2.45, 2.75) is 18.3 Å². The summed E-state index contributed by atoms with van der Waals surface area (Å²) >= 11 is 12.6. The van der Waals surface area contributed by atoms with Gasteiger partial charge in [0.15, 0.2) is 0 Å². The fourth-order valence-electron chi connectivity index (χ4n) is 3.50. The maximum atomic E-state index is 12.8. The lowest BCUT2D eigenvalue weighted by molar-refractivity contribution is 0.0487. The van der Waals surface area contributed by atoms with Gasteiger partial charge < -0.3 is 15.0 Å². The third kappa shape index (κ3) is 4.57. The highest BCUT2D eigenvalue weighted by Crippen LogP contribution is 2.39. The predicted molar refractivity (Wildman–Crippen MR) is 111 cm³/mol. The van der Waals surface area contributed by atoms with Crippen LogP contribution in [0.15, 0.2) is 42.5 Å². The molecule has 0 radical (unpaired) electrons. The van der Waals surface area contributed by atoms with Gasteiger partial charge in [-0.15, -0.1) is 0 Å². The van der Waals surface area contributed by atoms with E-state index in [4.69, 9.17) is 27.9 Å². The first-order chi connectivity index (χ1) is 12.9.